The van der Waals surface area contributed by atoms with Gasteiger partial charge >= 0.3 is 0 Å². The second-order valence-corrected chi connectivity index (χ2v) is 5.26. The molecule has 0 unspecified atom stereocenters. The third-order valence-corrected chi connectivity index (χ3v) is 3.88. The van der Waals surface area contributed by atoms with Crippen LogP contribution in [0.4, 0.5) is 15.8 Å². The van der Waals surface area contributed by atoms with Crippen LogP contribution in [0.2, 0.25) is 0 Å². The van der Waals surface area contributed by atoms with E-state index < -0.39 is 5.82 Å². The first kappa shape index (κ1) is 13.4. The molecule has 106 valence electrons. The molecule has 4 heteroatoms. The van der Waals surface area contributed by atoms with E-state index in [4.69, 9.17) is 5.26 Å². The van der Waals surface area contributed by atoms with E-state index >= 15 is 0 Å². The predicted molar refractivity (Wildman–Crippen MR) is 81.9 cm³/mol. The van der Waals surface area contributed by atoms with Gasteiger partial charge in [0.15, 0.2) is 0 Å². The molecular formula is C17H16FN3. The fourth-order valence-corrected chi connectivity index (χ4v) is 2.71. The third kappa shape index (κ3) is 2.55. The molecule has 1 heterocycles. The van der Waals surface area contributed by atoms with Crippen LogP contribution >= 0.6 is 0 Å². The van der Waals surface area contributed by atoms with Crippen LogP contribution in [-0.2, 0) is 13.0 Å². The molecule has 2 aromatic carbocycles. The Morgan fingerprint density at radius 3 is 3.00 bits per heavy atom. The molecule has 0 spiro atoms. The van der Waals surface area contributed by atoms with E-state index in [1.54, 1.807) is 12.1 Å². The predicted octanol–water partition coefficient (Wildman–Crippen LogP) is 3.30. The molecule has 0 saturated carbocycles. The maximum Gasteiger partial charge on any atom is 0.143 e. The first-order chi connectivity index (χ1) is 10.2. The Bertz CT molecular complexity index is 718. The SMILES string of the molecule is CN1CCc2cc(CNc3cccc(F)c3C#N)ccc21. The fourth-order valence-electron chi connectivity index (χ4n) is 2.71. The number of rotatable bonds is 3. The summed E-state index contributed by atoms with van der Waals surface area (Å²) < 4.78 is 13.5. The first-order valence-corrected chi connectivity index (χ1v) is 6.94. The largest absolute Gasteiger partial charge is 0.380 e. The Hall–Kier alpha value is -2.54. The molecule has 1 aliphatic heterocycles. The maximum absolute atomic E-state index is 13.5. The highest BCUT2D eigenvalue weighted by atomic mass is 19.1. The highest BCUT2D eigenvalue weighted by Gasteiger charge is 2.15. The number of hydrogen-bond acceptors (Lipinski definition) is 3. The van der Waals surface area contributed by atoms with Crippen LogP contribution in [0, 0.1) is 17.1 Å². The van der Waals surface area contributed by atoms with E-state index in [0.29, 0.717) is 12.2 Å². The number of likely N-dealkylation sites (N-methyl/N-ethyl adjacent to an activating group) is 1. The van der Waals surface area contributed by atoms with E-state index in [0.717, 1.165) is 18.5 Å². The van der Waals surface area contributed by atoms with Crippen molar-refractivity contribution >= 4 is 11.4 Å². The van der Waals surface area contributed by atoms with Gasteiger partial charge in [-0.15, -0.1) is 0 Å². The smallest absolute Gasteiger partial charge is 0.143 e. The van der Waals surface area contributed by atoms with Gasteiger partial charge in [-0.1, -0.05) is 18.2 Å². The van der Waals surface area contributed by atoms with Crippen LogP contribution in [0.25, 0.3) is 0 Å². The molecule has 3 rings (SSSR count). The van der Waals surface area contributed by atoms with Gasteiger partial charge < -0.3 is 10.2 Å². The van der Waals surface area contributed by atoms with Crippen LogP contribution < -0.4 is 10.2 Å². The minimum atomic E-state index is -0.488. The minimum Gasteiger partial charge on any atom is -0.380 e. The Kier molecular flexibility index (Phi) is 3.49. The van der Waals surface area contributed by atoms with Gasteiger partial charge in [0.25, 0.3) is 0 Å². The van der Waals surface area contributed by atoms with Gasteiger partial charge in [0, 0.05) is 25.8 Å². The van der Waals surface area contributed by atoms with Gasteiger partial charge in [0.2, 0.25) is 0 Å². The number of fused-ring (bicyclic) bond motifs is 1. The maximum atomic E-state index is 13.5. The van der Waals surface area contributed by atoms with Crippen LogP contribution in [0.3, 0.4) is 0 Å². The van der Waals surface area contributed by atoms with Crippen LogP contribution in [0.15, 0.2) is 36.4 Å². The Morgan fingerprint density at radius 2 is 2.19 bits per heavy atom. The molecule has 0 radical (unpaired) electrons. The van der Waals surface area contributed by atoms with Crippen molar-refractivity contribution in [2.75, 3.05) is 23.8 Å². The molecule has 2 aromatic rings. The molecule has 1 N–H and O–H groups in total. The van der Waals surface area contributed by atoms with Crippen molar-refractivity contribution in [3.63, 3.8) is 0 Å². The van der Waals surface area contributed by atoms with E-state index in [1.165, 1.54) is 17.3 Å². The minimum absolute atomic E-state index is 0.0680. The summed E-state index contributed by atoms with van der Waals surface area (Å²) in [6.45, 7) is 1.63. The molecule has 1 aliphatic rings. The summed E-state index contributed by atoms with van der Waals surface area (Å²) in [6.07, 6.45) is 1.06. The number of nitrogens with one attached hydrogen (secondary N) is 1. The zero-order valence-corrected chi connectivity index (χ0v) is 11.9. The zero-order valence-electron chi connectivity index (χ0n) is 11.9. The number of anilines is 2. The number of nitrogens with zero attached hydrogens (tertiary/aromatic N) is 2. The Morgan fingerprint density at radius 1 is 1.33 bits per heavy atom. The molecule has 0 amide bonds. The van der Waals surface area contributed by atoms with Gasteiger partial charge in [-0.2, -0.15) is 5.26 Å². The fraction of sp³-hybridized carbons (Fsp3) is 0.235. The van der Waals surface area contributed by atoms with Crippen molar-refractivity contribution in [1.29, 1.82) is 5.26 Å². The highest BCUT2D eigenvalue weighted by Crippen LogP contribution is 2.28. The third-order valence-electron chi connectivity index (χ3n) is 3.88. The highest BCUT2D eigenvalue weighted by molar-refractivity contribution is 5.60. The lowest BCUT2D eigenvalue weighted by molar-refractivity contribution is 0.624. The Labute approximate surface area is 123 Å². The van der Waals surface area contributed by atoms with Gasteiger partial charge in [-0.05, 0) is 35.7 Å². The molecule has 0 atom stereocenters. The molecule has 0 fully saturated rings. The normalized spacial score (nSPS) is 12.9. The summed E-state index contributed by atoms with van der Waals surface area (Å²) in [5.74, 6) is -0.488. The lowest BCUT2D eigenvalue weighted by Crippen LogP contribution is -2.12. The molecular weight excluding hydrogens is 265 g/mol. The number of benzene rings is 2. The molecule has 21 heavy (non-hydrogen) atoms. The summed E-state index contributed by atoms with van der Waals surface area (Å²) >= 11 is 0. The summed E-state index contributed by atoms with van der Waals surface area (Å²) in [5.41, 5.74) is 4.37. The average molecular weight is 281 g/mol. The second-order valence-electron chi connectivity index (χ2n) is 5.26. The topological polar surface area (TPSA) is 39.1 Å². The van der Waals surface area contributed by atoms with E-state index in [-0.39, 0.29) is 5.56 Å². The van der Waals surface area contributed by atoms with Crippen molar-refractivity contribution in [3.05, 3.63) is 58.9 Å². The lowest BCUT2D eigenvalue weighted by Gasteiger charge is -2.13. The van der Waals surface area contributed by atoms with Gasteiger partial charge in [-0.3, -0.25) is 0 Å². The van der Waals surface area contributed by atoms with E-state index in [9.17, 15) is 4.39 Å². The monoisotopic (exact) mass is 281 g/mol. The number of nitriles is 1. The van der Waals surface area contributed by atoms with Gasteiger partial charge in [-0.25, -0.2) is 4.39 Å². The van der Waals surface area contributed by atoms with Crippen molar-refractivity contribution in [2.24, 2.45) is 0 Å². The first-order valence-electron chi connectivity index (χ1n) is 6.94. The quantitative estimate of drug-likeness (QED) is 0.938. The zero-order chi connectivity index (χ0) is 14.8. The summed E-state index contributed by atoms with van der Waals surface area (Å²) in [7, 11) is 2.09. The molecule has 0 saturated heterocycles. The average Bonchev–Trinajstić information content (AvgIpc) is 2.86. The summed E-state index contributed by atoms with van der Waals surface area (Å²) in [5, 5.41) is 12.2. The van der Waals surface area contributed by atoms with E-state index in [2.05, 4.69) is 35.5 Å². The standard InChI is InChI=1S/C17H16FN3/c1-21-8-7-13-9-12(5-6-17(13)21)11-20-16-4-2-3-15(18)14(16)10-19/h2-6,9,20H,7-8,11H2,1H3. The molecule has 0 bridgehead atoms. The molecule has 0 aromatic heterocycles. The van der Waals surface area contributed by atoms with Crippen molar-refractivity contribution in [3.8, 4) is 6.07 Å². The summed E-state index contributed by atoms with van der Waals surface area (Å²) in [6, 6.07) is 12.9. The number of halogens is 1. The lowest BCUT2D eigenvalue weighted by atomic mass is 10.1. The Balaban J connectivity index is 1.77. The van der Waals surface area contributed by atoms with Crippen molar-refractivity contribution in [2.45, 2.75) is 13.0 Å². The van der Waals surface area contributed by atoms with Crippen LogP contribution in [-0.4, -0.2) is 13.6 Å². The summed E-state index contributed by atoms with van der Waals surface area (Å²) in [4.78, 5) is 2.24. The van der Waals surface area contributed by atoms with Gasteiger partial charge in [0.1, 0.15) is 17.4 Å². The van der Waals surface area contributed by atoms with E-state index in [1.807, 2.05) is 6.07 Å². The second kappa shape index (κ2) is 5.45. The molecule has 3 nitrogen and oxygen atoms in total. The molecule has 0 aliphatic carbocycles. The number of hydrogen-bond donors (Lipinski definition) is 1. The van der Waals surface area contributed by atoms with Gasteiger partial charge in [0.05, 0.1) is 5.69 Å². The van der Waals surface area contributed by atoms with Crippen LogP contribution in [0.1, 0.15) is 16.7 Å². The van der Waals surface area contributed by atoms with Crippen molar-refractivity contribution < 1.29 is 4.39 Å². The van der Waals surface area contributed by atoms with Crippen LogP contribution in [0.5, 0.6) is 0 Å². The van der Waals surface area contributed by atoms with Crippen molar-refractivity contribution in [1.82, 2.24) is 0 Å².